The van der Waals surface area contributed by atoms with E-state index in [9.17, 15) is 49.5 Å². The van der Waals surface area contributed by atoms with Crippen molar-refractivity contribution in [3.63, 3.8) is 0 Å². The highest BCUT2D eigenvalue weighted by atomic mass is 35.5. The molecule has 4 rings (SSSR count). The molecule has 18 heteroatoms. The number of anilines is 3. The van der Waals surface area contributed by atoms with Crippen molar-refractivity contribution in [2.75, 3.05) is 29.2 Å². The molecule has 3 N–H and O–H groups in total. The Bertz CT molecular complexity index is 1680. The molecule has 0 radical (unpaired) electrons. The largest absolute Gasteiger partial charge is 0.419 e. The molecule has 3 aromatic carbocycles. The fourth-order valence-corrected chi connectivity index (χ4v) is 5.36. The van der Waals surface area contributed by atoms with Crippen LogP contribution in [0.15, 0.2) is 54.6 Å². The topological polar surface area (TPSA) is 96.5 Å². The van der Waals surface area contributed by atoms with Crippen LogP contribution in [0.4, 0.5) is 52.2 Å². The van der Waals surface area contributed by atoms with Crippen molar-refractivity contribution >= 4 is 69.6 Å². The molecule has 1 fully saturated rings. The van der Waals surface area contributed by atoms with E-state index in [4.69, 9.17) is 34.8 Å². The number of hydrogen-bond acceptors (Lipinski definition) is 4. The fourth-order valence-electron chi connectivity index (χ4n) is 4.36. The van der Waals surface area contributed by atoms with Gasteiger partial charge in [-0.25, -0.2) is 8.78 Å². The first kappa shape index (κ1) is 35.2. The summed E-state index contributed by atoms with van der Waals surface area (Å²) in [6.45, 7) is -2.62. The molecule has 3 aromatic rings. The van der Waals surface area contributed by atoms with E-state index in [1.165, 1.54) is 18.2 Å². The van der Waals surface area contributed by atoms with Crippen LogP contribution < -0.4 is 16.0 Å². The number of hydrogen-bond donors (Lipinski definition) is 3. The fraction of sp³-hybridized carbons (Fsp3) is 0.250. The van der Waals surface area contributed by atoms with Gasteiger partial charge in [-0.15, -0.1) is 23.2 Å². The minimum absolute atomic E-state index is 0.0286. The maximum atomic E-state index is 14.7. The van der Waals surface area contributed by atoms with Crippen molar-refractivity contribution in [2.45, 2.75) is 22.6 Å². The Labute approximate surface area is 269 Å². The summed E-state index contributed by atoms with van der Waals surface area (Å²) in [6.07, 6.45) is -9.65. The van der Waals surface area contributed by atoms with Gasteiger partial charge in [0, 0.05) is 17.3 Å². The predicted molar refractivity (Wildman–Crippen MR) is 152 cm³/mol. The number of rotatable bonds is 9. The van der Waals surface area contributed by atoms with Crippen LogP contribution in [-0.4, -0.2) is 41.4 Å². The van der Waals surface area contributed by atoms with Gasteiger partial charge >= 0.3 is 12.4 Å². The smallest absolute Gasteiger partial charge is 0.362 e. The van der Waals surface area contributed by atoms with Crippen LogP contribution in [0.25, 0.3) is 0 Å². The van der Waals surface area contributed by atoms with E-state index >= 15 is 0 Å². The second-order valence-corrected chi connectivity index (χ2v) is 11.7. The summed E-state index contributed by atoms with van der Waals surface area (Å²) in [5.74, 6) is -7.85. The molecule has 3 amide bonds. The van der Waals surface area contributed by atoms with Gasteiger partial charge in [0.25, 0.3) is 5.91 Å². The Kier molecular flexibility index (Phi) is 10.1. The molecular formula is C28H18Cl3F8N3O4. The van der Waals surface area contributed by atoms with Crippen LogP contribution >= 0.6 is 34.8 Å². The Morgan fingerprint density at radius 2 is 1.48 bits per heavy atom. The van der Waals surface area contributed by atoms with E-state index < -0.39 is 82.2 Å². The van der Waals surface area contributed by atoms with Crippen LogP contribution in [0.2, 0.25) is 5.02 Å². The summed E-state index contributed by atoms with van der Waals surface area (Å²) in [4.78, 5) is 37.5. The number of amides is 3. The lowest BCUT2D eigenvalue weighted by Crippen LogP contribution is -2.24. The van der Waals surface area contributed by atoms with E-state index in [0.29, 0.717) is 12.1 Å². The second kappa shape index (κ2) is 13.2. The normalized spacial score (nSPS) is 17.3. The number of alkyl halides is 8. The van der Waals surface area contributed by atoms with Crippen LogP contribution in [0.1, 0.15) is 27.4 Å². The van der Waals surface area contributed by atoms with Crippen LogP contribution in [0, 0.1) is 17.6 Å². The second-order valence-electron chi connectivity index (χ2n) is 9.86. The molecule has 1 saturated carbocycles. The molecule has 1 aliphatic carbocycles. The molecule has 0 spiro atoms. The lowest BCUT2D eigenvalue weighted by molar-refractivity contribution is -0.174. The zero-order valence-electron chi connectivity index (χ0n) is 22.6. The van der Waals surface area contributed by atoms with Gasteiger partial charge < -0.3 is 20.7 Å². The summed E-state index contributed by atoms with van der Waals surface area (Å²) in [6, 6.07) is 8.73. The lowest BCUT2D eigenvalue weighted by atomic mass is 10.0. The third-order valence-corrected chi connectivity index (χ3v) is 7.74. The first-order valence-electron chi connectivity index (χ1n) is 12.7. The molecule has 0 unspecified atom stereocenters. The minimum atomic E-state index is -5.00. The van der Waals surface area contributed by atoms with Crippen LogP contribution in [0.3, 0.4) is 0 Å². The van der Waals surface area contributed by atoms with E-state index in [1.54, 1.807) is 0 Å². The Morgan fingerprint density at radius 1 is 0.826 bits per heavy atom. The molecule has 0 aromatic heterocycles. The molecule has 0 saturated heterocycles. The third-order valence-electron chi connectivity index (χ3n) is 6.47. The highest BCUT2D eigenvalue weighted by Crippen LogP contribution is 2.65. The van der Waals surface area contributed by atoms with Gasteiger partial charge in [-0.3, -0.25) is 14.4 Å². The summed E-state index contributed by atoms with van der Waals surface area (Å²) in [7, 11) is 0. The summed E-state index contributed by atoms with van der Waals surface area (Å²) in [5, 5.41) is 6.86. The third kappa shape index (κ3) is 8.37. The first-order valence-corrected chi connectivity index (χ1v) is 13.8. The maximum Gasteiger partial charge on any atom is 0.419 e. The van der Waals surface area contributed by atoms with Gasteiger partial charge in [-0.2, -0.15) is 26.3 Å². The molecule has 0 bridgehead atoms. The van der Waals surface area contributed by atoms with Gasteiger partial charge in [0.1, 0.15) is 29.2 Å². The highest BCUT2D eigenvalue weighted by Gasteiger charge is 2.67. The minimum Gasteiger partial charge on any atom is -0.362 e. The standard InChI is InChI=1S/C28H18Cl3F8N3O4/c29-17-5-3-14(41-25(45)23-22(27(23,30)31)12-1-6-18(32)16(7-12)28(37,38)39)9-20(17)42-24(44)15-4-2-13(8-19(15)33)40-21(43)10-46-11-26(34,35)36/h1-9,22-23H,10-11H2,(H,40,43)(H,41,45)(H,42,44)/t22-,23+/m0/s1. The van der Waals surface area contributed by atoms with Crippen molar-refractivity contribution in [2.24, 2.45) is 5.92 Å². The molecule has 0 heterocycles. The summed E-state index contributed by atoms with van der Waals surface area (Å²) >= 11 is 18.5. The molecule has 46 heavy (non-hydrogen) atoms. The number of benzene rings is 3. The Balaban J connectivity index is 1.41. The molecule has 2 atom stereocenters. The van der Waals surface area contributed by atoms with E-state index in [0.717, 1.165) is 24.3 Å². The number of nitrogens with one attached hydrogen (secondary N) is 3. The predicted octanol–water partition coefficient (Wildman–Crippen LogP) is 7.93. The Hall–Kier alpha value is -3.66. The SMILES string of the molecule is O=C(COCC(F)(F)F)Nc1ccc(C(=O)Nc2cc(NC(=O)[C@H]3[C@H](c4ccc(F)c(C(F)(F)F)c4)C3(Cl)Cl)ccc2Cl)c(F)c1. The van der Waals surface area contributed by atoms with Gasteiger partial charge in [-0.05, 0) is 54.1 Å². The van der Waals surface area contributed by atoms with Crippen LogP contribution in [0.5, 0.6) is 0 Å². The molecule has 1 aliphatic rings. The Morgan fingerprint density at radius 3 is 2.11 bits per heavy atom. The van der Waals surface area contributed by atoms with Crippen molar-refractivity contribution in [1.29, 1.82) is 0 Å². The van der Waals surface area contributed by atoms with E-state index in [-0.39, 0.29) is 27.6 Å². The zero-order chi connectivity index (χ0) is 34.2. The van der Waals surface area contributed by atoms with Gasteiger partial charge in [0.15, 0.2) is 0 Å². The number of carbonyl (C=O) groups is 3. The van der Waals surface area contributed by atoms with Crippen LogP contribution in [-0.2, 0) is 20.5 Å². The van der Waals surface area contributed by atoms with Gasteiger partial charge in [0.2, 0.25) is 11.8 Å². The summed E-state index contributed by atoms with van der Waals surface area (Å²) in [5.41, 5.74) is -2.45. The zero-order valence-corrected chi connectivity index (χ0v) is 24.8. The van der Waals surface area contributed by atoms with Crippen molar-refractivity contribution in [3.8, 4) is 0 Å². The molecule has 7 nitrogen and oxygen atoms in total. The van der Waals surface area contributed by atoms with E-state index in [2.05, 4.69) is 20.7 Å². The van der Waals surface area contributed by atoms with Gasteiger partial charge in [-0.1, -0.05) is 17.7 Å². The number of carbonyl (C=O) groups excluding carboxylic acids is 3. The number of ether oxygens (including phenoxy) is 1. The highest BCUT2D eigenvalue weighted by molar-refractivity contribution is 6.53. The van der Waals surface area contributed by atoms with Crippen molar-refractivity contribution in [3.05, 3.63) is 87.9 Å². The first-order chi connectivity index (χ1) is 21.3. The quantitative estimate of drug-likeness (QED) is 0.155. The van der Waals surface area contributed by atoms with Crippen molar-refractivity contribution in [1.82, 2.24) is 0 Å². The van der Waals surface area contributed by atoms with Gasteiger partial charge in [0.05, 0.1) is 27.8 Å². The average Bonchev–Trinajstić information content (AvgIpc) is 3.51. The lowest BCUT2D eigenvalue weighted by Gasteiger charge is -2.12. The average molecular weight is 719 g/mol. The molecular weight excluding hydrogens is 701 g/mol. The van der Waals surface area contributed by atoms with Crippen molar-refractivity contribution < 1.29 is 54.2 Å². The maximum absolute atomic E-state index is 14.7. The number of halogens is 11. The molecule has 246 valence electrons. The van der Waals surface area contributed by atoms with E-state index in [1.807, 2.05) is 0 Å². The summed E-state index contributed by atoms with van der Waals surface area (Å²) < 4.78 is 107. The monoisotopic (exact) mass is 717 g/mol. The molecule has 0 aliphatic heterocycles.